The van der Waals surface area contributed by atoms with Crippen molar-refractivity contribution in [3.8, 4) is 66.9 Å². The fraction of sp³-hybridized carbons (Fsp3) is 0.0517. The van der Waals surface area contributed by atoms with Crippen LogP contribution in [0.2, 0.25) is 0 Å². The van der Waals surface area contributed by atoms with Gasteiger partial charge in [0.15, 0.2) is 0 Å². The van der Waals surface area contributed by atoms with Crippen molar-refractivity contribution in [2.45, 2.75) is 18.3 Å². The Morgan fingerprint density at radius 3 is 1.24 bits per heavy atom. The van der Waals surface area contributed by atoms with Gasteiger partial charge in [0.05, 0.1) is 5.69 Å². The Morgan fingerprint density at radius 2 is 0.729 bits per heavy atom. The van der Waals surface area contributed by atoms with E-state index in [1.807, 2.05) is 12.3 Å². The average molecular weight is 750 g/mol. The molecule has 59 heavy (non-hydrogen) atoms. The molecule has 0 amide bonds. The van der Waals surface area contributed by atoms with Gasteiger partial charge in [-0.15, -0.1) is 0 Å². The summed E-state index contributed by atoms with van der Waals surface area (Å²) in [6, 6.07) is 76.6. The zero-order chi connectivity index (χ0) is 38.9. The molecule has 0 radical (unpaired) electrons. The van der Waals surface area contributed by atoms with Crippen LogP contribution in [0.1, 0.15) is 22.3 Å². The first-order valence-electron chi connectivity index (χ1n) is 20.7. The van der Waals surface area contributed by atoms with Gasteiger partial charge in [-0.05, 0) is 155 Å². The number of nitrogens with zero attached hydrogens (tertiary/aromatic N) is 1. The summed E-state index contributed by atoms with van der Waals surface area (Å²) in [5, 5.41) is 5.07. The van der Waals surface area contributed by atoms with E-state index in [-0.39, 0.29) is 5.41 Å². The topological polar surface area (TPSA) is 12.9 Å². The second-order valence-electron chi connectivity index (χ2n) is 16.4. The van der Waals surface area contributed by atoms with E-state index in [2.05, 4.69) is 200 Å². The van der Waals surface area contributed by atoms with Gasteiger partial charge < -0.3 is 0 Å². The van der Waals surface area contributed by atoms with Crippen LogP contribution in [-0.4, -0.2) is 4.98 Å². The highest BCUT2D eigenvalue weighted by molar-refractivity contribution is 5.90. The maximum absolute atomic E-state index is 4.70. The van der Waals surface area contributed by atoms with Gasteiger partial charge in [0.1, 0.15) is 0 Å². The van der Waals surface area contributed by atoms with Crippen molar-refractivity contribution in [1.82, 2.24) is 4.98 Å². The molecular weight excluding hydrogens is 711 g/mol. The van der Waals surface area contributed by atoms with Gasteiger partial charge in [-0.2, -0.15) is 0 Å². The molecule has 1 spiro atoms. The molecule has 276 valence electrons. The molecular formula is C58H39N. The lowest BCUT2D eigenvalue weighted by Gasteiger charge is -2.27. The van der Waals surface area contributed by atoms with Crippen molar-refractivity contribution in [1.29, 1.82) is 0 Å². The van der Waals surface area contributed by atoms with E-state index in [1.54, 1.807) is 0 Å². The number of hydrogen-bond donors (Lipinski definition) is 0. The van der Waals surface area contributed by atoms with Gasteiger partial charge in [0.25, 0.3) is 0 Å². The van der Waals surface area contributed by atoms with E-state index >= 15 is 0 Å². The SMILES string of the molecule is c1ccc(-c2ccc3c(c2)CC2(C3)c3cc(-c4ccc(-c5ccc6ccccc6c5)cc4)ccc3-c3ccc(-c4ccc(-c5ccc6ccccc6c5)cc4)cc32)nc1. The molecule has 0 saturated carbocycles. The van der Waals surface area contributed by atoms with Crippen LogP contribution < -0.4 is 0 Å². The summed E-state index contributed by atoms with van der Waals surface area (Å²) in [4.78, 5) is 4.70. The third-order valence-corrected chi connectivity index (χ3v) is 13.1. The highest BCUT2D eigenvalue weighted by Crippen LogP contribution is 2.57. The first-order chi connectivity index (χ1) is 29.1. The van der Waals surface area contributed by atoms with E-state index < -0.39 is 0 Å². The molecule has 0 atom stereocenters. The second kappa shape index (κ2) is 13.4. The fourth-order valence-corrected chi connectivity index (χ4v) is 10.1. The lowest BCUT2D eigenvalue weighted by Crippen LogP contribution is -2.26. The van der Waals surface area contributed by atoms with Gasteiger partial charge >= 0.3 is 0 Å². The quantitative estimate of drug-likeness (QED) is 0.171. The van der Waals surface area contributed by atoms with Gasteiger partial charge in [0.2, 0.25) is 0 Å². The van der Waals surface area contributed by atoms with Crippen molar-refractivity contribution in [3.63, 3.8) is 0 Å². The number of aromatic nitrogens is 1. The molecule has 1 nitrogen and oxygen atoms in total. The Labute approximate surface area is 344 Å². The summed E-state index contributed by atoms with van der Waals surface area (Å²) in [7, 11) is 0. The Kier molecular flexibility index (Phi) is 7.65. The van der Waals surface area contributed by atoms with E-state index in [9.17, 15) is 0 Å². The summed E-state index contributed by atoms with van der Waals surface area (Å²) < 4.78 is 0. The summed E-state index contributed by atoms with van der Waals surface area (Å²) in [6.45, 7) is 0. The second-order valence-corrected chi connectivity index (χ2v) is 16.4. The molecule has 2 aliphatic rings. The van der Waals surface area contributed by atoms with E-state index in [0.29, 0.717) is 0 Å². The Balaban J connectivity index is 0.932. The number of benzene rings is 9. The van der Waals surface area contributed by atoms with Gasteiger partial charge in [-0.3, -0.25) is 4.98 Å². The van der Waals surface area contributed by atoms with Gasteiger partial charge in [-0.25, -0.2) is 0 Å². The Hall–Kier alpha value is -7.35. The predicted molar refractivity (Wildman–Crippen MR) is 246 cm³/mol. The predicted octanol–water partition coefficient (Wildman–Crippen LogP) is 14.8. The van der Waals surface area contributed by atoms with Crippen LogP contribution in [0, 0.1) is 0 Å². The van der Waals surface area contributed by atoms with Gasteiger partial charge in [-0.1, -0.05) is 164 Å². The van der Waals surface area contributed by atoms with Crippen molar-refractivity contribution in [2.24, 2.45) is 0 Å². The largest absolute Gasteiger partial charge is 0.256 e. The van der Waals surface area contributed by atoms with Crippen molar-refractivity contribution in [2.75, 3.05) is 0 Å². The highest BCUT2D eigenvalue weighted by atomic mass is 14.7. The van der Waals surface area contributed by atoms with Crippen molar-refractivity contribution < 1.29 is 0 Å². The molecule has 0 unspecified atom stereocenters. The molecule has 12 rings (SSSR count). The number of pyridine rings is 1. The minimum Gasteiger partial charge on any atom is -0.256 e. The first-order valence-corrected chi connectivity index (χ1v) is 20.7. The summed E-state index contributed by atoms with van der Waals surface area (Å²) in [5.74, 6) is 0. The normalized spacial score (nSPS) is 13.4. The van der Waals surface area contributed by atoms with Crippen LogP contribution >= 0.6 is 0 Å². The van der Waals surface area contributed by atoms with Crippen LogP contribution in [0.15, 0.2) is 212 Å². The van der Waals surface area contributed by atoms with Crippen LogP contribution in [0.5, 0.6) is 0 Å². The van der Waals surface area contributed by atoms with Crippen molar-refractivity contribution in [3.05, 3.63) is 235 Å². The third kappa shape index (κ3) is 5.65. The molecule has 0 N–H and O–H groups in total. The lowest BCUT2D eigenvalue weighted by atomic mass is 9.74. The number of rotatable bonds is 5. The maximum atomic E-state index is 4.70. The molecule has 10 aromatic rings. The third-order valence-electron chi connectivity index (χ3n) is 13.1. The van der Waals surface area contributed by atoms with Crippen LogP contribution in [-0.2, 0) is 18.3 Å². The highest BCUT2D eigenvalue weighted by Gasteiger charge is 2.47. The minimum absolute atomic E-state index is 0.169. The molecule has 0 aliphatic heterocycles. The standard InChI is InChI=1S/C58H39N/c1-3-9-44-31-46(22-20-38(44)7-1)40-12-16-42(17-13-40)48-26-28-53-54-29-27-49(43-18-14-41(15-19-43)47-23-21-39-8-2-4-10-45(39)32-47)35-56(54)58(55(53)34-48)36-51-25-24-50(33-52(51)37-58)57-11-5-6-30-59-57/h1-35H,36-37H2. The zero-order valence-electron chi connectivity index (χ0n) is 32.6. The summed E-state index contributed by atoms with van der Waals surface area (Å²) in [5.41, 5.74) is 20.4. The molecule has 0 saturated heterocycles. The smallest absolute Gasteiger partial charge is 0.0702 e. The first kappa shape index (κ1) is 33.8. The van der Waals surface area contributed by atoms with E-state index in [1.165, 1.54) is 105 Å². The lowest BCUT2D eigenvalue weighted by molar-refractivity contribution is 0.564. The van der Waals surface area contributed by atoms with Gasteiger partial charge in [0, 0.05) is 17.2 Å². The average Bonchev–Trinajstić information content (AvgIpc) is 3.83. The van der Waals surface area contributed by atoms with Crippen LogP contribution in [0.3, 0.4) is 0 Å². The molecule has 1 heteroatoms. The molecule has 1 aromatic heterocycles. The molecule has 1 heterocycles. The molecule has 9 aromatic carbocycles. The zero-order valence-corrected chi connectivity index (χ0v) is 32.6. The number of hydrogen-bond acceptors (Lipinski definition) is 1. The van der Waals surface area contributed by atoms with E-state index in [4.69, 9.17) is 4.98 Å². The maximum Gasteiger partial charge on any atom is 0.0702 e. The Bertz CT molecular complexity index is 3070. The van der Waals surface area contributed by atoms with E-state index in [0.717, 1.165) is 18.5 Å². The van der Waals surface area contributed by atoms with Crippen molar-refractivity contribution >= 4 is 21.5 Å². The molecule has 2 aliphatic carbocycles. The summed E-state index contributed by atoms with van der Waals surface area (Å²) in [6.07, 6.45) is 3.82. The Morgan fingerprint density at radius 1 is 0.305 bits per heavy atom. The monoisotopic (exact) mass is 749 g/mol. The molecule has 0 bridgehead atoms. The minimum atomic E-state index is -0.169. The molecule has 0 fully saturated rings. The van der Waals surface area contributed by atoms with Crippen LogP contribution in [0.25, 0.3) is 88.4 Å². The van der Waals surface area contributed by atoms with Crippen LogP contribution in [0.4, 0.5) is 0 Å². The number of fused-ring (bicyclic) bond motifs is 8. The fourth-order valence-electron chi connectivity index (χ4n) is 10.1. The summed E-state index contributed by atoms with van der Waals surface area (Å²) >= 11 is 0.